The molecule has 1 heterocycles. The van der Waals surface area contributed by atoms with Gasteiger partial charge in [0.25, 0.3) is 0 Å². The van der Waals surface area contributed by atoms with Crippen LogP contribution in [0.1, 0.15) is 17.9 Å². The lowest BCUT2D eigenvalue weighted by Crippen LogP contribution is -1.97. The van der Waals surface area contributed by atoms with Crippen molar-refractivity contribution in [3.8, 4) is 0 Å². The number of hydrogen-bond donors (Lipinski definition) is 1. The molecule has 3 rings (SSSR count). The third-order valence-electron chi connectivity index (χ3n) is 3.23. The van der Waals surface area contributed by atoms with E-state index in [4.69, 9.17) is 32.7 Å². The van der Waals surface area contributed by atoms with Crippen LogP contribution < -0.4 is 0 Å². The number of carboxylic acid groups (broad SMARTS) is 1. The summed E-state index contributed by atoms with van der Waals surface area (Å²) in [7, 11) is 0. The van der Waals surface area contributed by atoms with Gasteiger partial charge in [0.05, 0.1) is 6.42 Å². The predicted molar refractivity (Wildman–Crippen MR) is 90.6 cm³/mol. The van der Waals surface area contributed by atoms with Gasteiger partial charge in [-0.2, -0.15) is 0 Å². The quantitative estimate of drug-likeness (QED) is 0.708. The van der Waals surface area contributed by atoms with Crippen LogP contribution in [0.4, 0.5) is 0 Å². The van der Waals surface area contributed by atoms with Crippen LogP contribution in [0.15, 0.2) is 46.9 Å². The van der Waals surface area contributed by atoms with Crippen molar-refractivity contribution in [2.75, 3.05) is 0 Å². The van der Waals surface area contributed by atoms with E-state index in [-0.39, 0.29) is 12.3 Å². The van der Waals surface area contributed by atoms with Crippen LogP contribution in [-0.4, -0.2) is 16.1 Å². The summed E-state index contributed by atoms with van der Waals surface area (Å²) in [5, 5.41) is 10.0. The monoisotopic (exact) mass is 347 g/mol. The van der Waals surface area contributed by atoms with E-state index in [1.54, 1.807) is 36.4 Å². The van der Waals surface area contributed by atoms with Gasteiger partial charge >= 0.3 is 5.97 Å². The number of carboxylic acids is 1. The van der Waals surface area contributed by atoms with Crippen LogP contribution in [0.5, 0.6) is 0 Å². The van der Waals surface area contributed by atoms with Crippen molar-refractivity contribution in [2.24, 2.45) is 0 Å². The maximum Gasteiger partial charge on any atom is 0.308 e. The van der Waals surface area contributed by atoms with Crippen LogP contribution in [-0.2, 0) is 4.79 Å². The molecule has 3 aromatic rings. The van der Waals surface area contributed by atoms with Gasteiger partial charge in [0.15, 0.2) is 5.58 Å². The molecule has 23 heavy (non-hydrogen) atoms. The maximum absolute atomic E-state index is 11.2. The lowest BCUT2D eigenvalue weighted by Gasteiger charge is -2.04. The molecule has 2 aromatic carbocycles. The highest BCUT2D eigenvalue weighted by atomic mass is 35.5. The first kappa shape index (κ1) is 15.6. The molecule has 0 fully saturated rings. The van der Waals surface area contributed by atoms with Crippen molar-refractivity contribution < 1.29 is 14.3 Å². The number of halogens is 2. The first-order chi connectivity index (χ1) is 11.0. The first-order valence-corrected chi connectivity index (χ1v) is 7.52. The SMILES string of the molecule is O=C(O)C/C(=C\c1c(Cl)cccc1Cl)c1nc2ccccc2o1. The number of para-hydroxylation sites is 2. The average Bonchev–Trinajstić information content (AvgIpc) is 2.93. The Morgan fingerprint density at radius 1 is 1.13 bits per heavy atom. The summed E-state index contributed by atoms with van der Waals surface area (Å²) < 4.78 is 5.65. The van der Waals surface area contributed by atoms with E-state index >= 15 is 0 Å². The lowest BCUT2D eigenvalue weighted by atomic mass is 10.1. The molecule has 0 aliphatic carbocycles. The fourth-order valence-corrected chi connectivity index (χ4v) is 2.69. The normalized spacial score (nSPS) is 11.8. The largest absolute Gasteiger partial charge is 0.481 e. The van der Waals surface area contributed by atoms with Gasteiger partial charge in [0.1, 0.15) is 5.52 Å². The first-order valence-electron chi connectivity index (χ1n) is 6.77. The fraction of sp³-hybridized carbons (Fsp3) is 0.0588. The second-order valence-corrected chi connectivity index (χ2v) is 5.68. The number of hydrogen-bond acceptors (Lipinski definition) is 3. The lowest BCUT2D eigenvalue weighted by molar-refractivity contribution is -0.135. The van der Waals surface area contributed by atoms with E-state index in [1.807, 2.05) is 12.1 Å². The molecular weight excluding hydrogens is 337 g/mol. The Balaban J connectivity index is 2.14. The molecule has 0 saturated heterocycles. The van der Waals surface area contributed by atoms with E-state index in [2.05, 4.69) is 4.98 Å². The van der Waals surface area contributed by atoms with Crippen molar-refractivity contribution in [2.45, 2.75) is 6.42 Å². The number of carbonyl (C=O) groups is 1. The highest BCUT2D eigenvalue weighted by molar-refractivity contribution is 6.37. The second-order valence-electron chi connectivity index (χ2n) is 4.86. The molecule has 1 N–H and O–H groups in total. The van der Waals surface area contributed by atoms with E-state index in [0.29, 0.717) is 32.3 Å². The number of fused-ring (bicyclic) bond motifs is 1. The van der Waals surface area contributed by atoms with Crippen molar-refractivity contribution in [3.63, 3.8) is 0 Å². The summed E-state index contributed by atoms with van der Waals surface area (Å²) in [5.74, 6) is -0.758. The molecule has 0 aliphatic heterocycles. The Morgan fingerprint density at radius 2 is 1.83 bits per heavy atom. The van der Waals surface area contributed by atoms with Crippen LogP contribution in [0.25, 0.3) is 22.7 Å². The summed E-state index contributed by atoms with van der Waals surface area (Å²) in [6.07, 6.45) is 1.35. The molecule has 0 amide bonds. The minimum Gasteiger partial charge on any atom is -0.481 e. The smallest absolute Gasteiger partial charge is 0.308 e. The summed E-state index contributed by atoms with van der Waals surface area (Å²) >= 11 is 12.3. The standard InChI is InChI=1S/C17H11Cl2NO3/c18-12-4-3-5-13(19)11(12)8-10(9-16(21)22)17-20-14-6-1-2-7-15(14)23-17/h1-8H,9H2,(H,21,22)/b10-8+. The minimum absolute atomic E-state index is 0.240. The van der Waals surface area contributed by atoms with Gasteiger partial charge < -0.3 is 9.52 Å². The minimum atomic E-state index is -0.998. The Bertz CT molecular complexity index is 862. The average molecular weight is 348 g/mol. The van der Waals surface area contributed by atoms with Gasteiger partial charge in [-0.25, -0.2) is 4.98 Å². The highest BCUT2D eigenvalue weighted by Crippen LogP contribution is 2.31. The van der Waals surface area contributed by atoms with Gasteiger partial charge in [-0.05, 0) is 30.3 Å². The van der Waals surface area contributed by atoms with E-state index in [0.717, 1.165) is 0 Å². The van der Waals surface area contributed by atoms with Gasteiger partial charge in [-0.15, -0.1) is 0 Å². The van der Waals surface area contributed by atoms with Crippen LogP contribution in [0.2, 0.25) is 10.0 Å². The topological polar surface area (TPSA) is 63.3 Å². The molecule has 0 unspecified atom stereocenters. The van der Waals surface area contributed by atoms with E-state index in [9.17, 15) is 4.79 Å². The van der Waals surface area contributed by atoms with Crippen molar-refractivity contribution in [1.29, 1.82) is 0 Å². The zero-order chi connectivity index (χ0) is 16.4. The second kappa shape index (κ2) is 6.44. The summed E-state index contributed by atoms with van der Waals surface area (Å²) in [5.41, 5.74) is 2.17. The van der Waals surface area contributed by atoms with Gasteiger partial charge in [0.2, 0.25) is 5.89 Å². The van der Waals surface area contributed by atoms with Gasteiger partial charge in [0, 0.05) is 21.2 Å². The van der Waals surface area contributed by atoms with Crippen molar-refractivity contribution in [3.05, 3.63) is 64.0 Å². The number of aromatic nitrogens is 1. The molecule has 1 aromatic heterocycles. The maximum atomic E-state index is 11.2. The molecule has 0 saturated carbocycles. The molecule has 0 atom stereocenters. The molecule has 4 nitrogen and oxygen atoms in total. The molecule has 6 heteroatoms. The summed E-state index contributed by atoms with van der Waals surface area (Å²) in [6.45, 7) is 0. The Kier molecular flexibility index (Phi) is 4.37. The summed E-state index contributed by atoms with van der Waals surface area (Å²) in [6, 6.07) is 12.3. The van der Waals surface area contributed by atoms with Gasteiger partial charge in [-0.1, -0.05) is 41.4 Å². The zero-order valence-corrected chi connectivity index (χ0v) is 13.3. The third kappa shape index (κ3) is 3.38. The predicted octanol–water partition coefficient (Wildman–Crippen LogP) is 5.15. The summed E-state index contributed by atoms with van der Waals surface area (Å²) in [4.78, 5) is 15.5. The van der Waals surface area contributed by atoms with Gasteiger partial charge in [-0.3, -0.25) is 4.79 Å². The number of aliphatic carboxylic acids is 1. The fourth-order valence-electron chi connectivity index (χ4n) is 2.18. The van der Waals surface area contributed by atoms with Crippen molar-refractivity contribution >= 4 is 51.9 Å². The zero-order valence-electron chi connectivity index (χ0n) is 11.8. The molecular formula is C17H11Cl2NO3. The molecule has 0 aliphatic rings. The van der Waals surface area contributed by atoms with Crippen molar-refractivity contribution in [1.82, 2.24) is 4.98 Å². The molecule has 116 valence electrons. The van der Waals surface area contributed by atoms with Crippen LogP contribution >= 0.6 is 23.2 Å². The van der Waals surface area contributed by atoms with E-state index in [1.165, 1.54) is 0 Å². The molecule has 0 radical (unpaired) electrons. The Hall–Kier alpha value is -2.30. The third-order valence-corrected chi connectivity index (χ3v) is 3.89. The Morgan fingerprint density at radius 3 is 2.48 bits per heavy atom. The van der Waals surface area contributed by atoms with Crippen LogP contribution in [0.3, 0.4) is 0 Å². The number of benzene rings is 2. The number of oxazole rings is 1. The van der Waals surface area contributed by atoms with E-state index < -0.39 is 5.97 Å². The van der Waals surface area contributed by atoms with Crippen LogP contribution in [0, 0.1) is 0 Å². The molecule has 0 bridgehead atoms. The molecule has 0 spiro atoms. The number of rotatable bonds is 4. The highest BCUT2D eigenvalue weighted by Gasteiger charge is 2.15. The number of nitrogens with zero attached hydrogens (tertiary/aromatic N) is 1. The Labute approximate surface area is 142 Å².